The summed E-state index contributed by atoms with van der Waals surface area (Å²) in [5, 5.41) is 0.733. The number of likely N-dealkylation sites (tertiary alicyclic amines) is 2. The lowest BCUT2D eigenvalue weighted by Gasteiger charge is -2.37. The van der Waals surface area contributed by atoms with Crippen LogP contribution in [0.25, 0.3) is 6.08 Å². The highest BCUT2D eigenvalue weighted by molar-refractivity contribution is 6.30. The molecule has 2 atom stereocenters. The van der Waals surface area contributed by atoms with Crippen molar-refractivity contribution >= 4 is 23.6 Å². The predicted octanol–water partition coefficient (Wildman–Crippen LogP) is 2.67. The molecule has 3 aliphatic heterocycles. The molecule has 0 unspecified atom stereocenters. The smallest absolute Gasteiger partial charge is 0.222 e. The fourth-order valence-electron chi connectivity index (χ4n) is 3.99. The van der Waals surface area contributed by atoms with E-state index in [0.717, 1.165) is 48.8 Å². The molecule has 0 radical (unpaired) electrons. The summed E-state index contributed by atoms with van der Waals surface area (Å²) in [5.41, 5.74) is 2.33. The Morgan fingerprint density at radius 2 is 2.26 bits per heavy atom. The maximum absolute atomic E-state index is 11.9. The number of hydrogen-bond donors (Lipinski definition) is 0. The van der Waals surface area contributed by atoms with E-state index in [4.69, 9.17) is 16.3 Å². The van der Waals surface area contributed by atoms with Crippen molar-refractivity contribution in [2.75, 3.05) is 33.3 Å². The average molecular weight is 333 g/mol. The van der Waals surface area contributed by atoms with Gasteiger partial charge in [-0.3, -0.25) is 9.69 Å². The van der Waals surface area contributed by atoms with Gasteiger partial charge in [-0.25, -0.2) is 0 Å². The number of amides is 1. The fourth-order valence-corrected chi connectivity index (χ4v) is 4.17. The standard InChI is InChI=1S/C18H21ClN2O2/c1-20-16-10-21(5-4-13(16)8-18(20)22)9-12-6-14-7-15(19)2-3-17(14)23-11-12/h2-3,6-7,13,16H,4-5,8-11H2,1H3/t13-,16-/m1/s1. The topological polar surface area (TPSA) is 32.8 Å². The number of piperidine rings is 1. The Bertz CT molecular complexity index is 673. The first-order chi connectivity index (χ1) is 11.1. The van der Waals surface area contributed by atoms with Gasteiger partial charge < -0.3 is 9.64 Å². The molecule has 5 heteroatoms. The van der Waals surface area contributed by atoms with Crippen molar-refractivity contribution in [3.05, 3.63) is 34.4 Å². The van der Waals surface area contributed by atoms with Crippen molar-refractivity contribution in [1.82, 2.24) is 9.80 Å². The van der Waals surface area contributed by atoms with Gasteiger partial charge in [-0.15, -0.1) is 0 Å². The number of benzene rings is 1. The van der Waals surface area contributed by atoms with Crippen molar-refractivity contribution in [1.29, 1.82) is 0 Å². The lowest BCUT2D eigenvalue weighted by Crippen LogP contribution is -2.48. The zero-order valence-corrected chi connectivity index (χ0v) is 14.1. The Hall–Kier alpha value is -1.52. The van der Waals surface area contributed by atoms with Crippen LogP contribution in [0.2, 0.25) is 5.02 Å². The molecular formula is C18H21ClN2O2. The van der Waals surface area contributed by atoms with Gasteiger partial charge in [0.25, 0.3) is 0 Å². The molecule has 23 heavy (non-hydrogen) atoms. The second-order valence-corrected chi connectivity index (χ2v) is 7.27. The molecule has 0 N–H and O–H groups in total. The molecule has 1 aromatic rings. The van der Waals surface area contributed by atoms with Crippen LogP contribution in [0, 0.1) is 5.92 Å². The van der Waals surface area contributed by atoms with Crippen LogP contribution >= 0.6 is 11.6 Å². The van der Waals surface area contributed by atoms with Crippen LogP contribution in [0.1, 0.15) is 18.4 Å². The molecule has 1 aromatic carbocycles. The zero-order valence-electron chi connectivity index (χ0n) is 13.3. The van der Waals surface area contributed by atoms with E-state index >= 15 is 0 Å². The zero-order chi connectivity index (χ0) is 16.0. The van der Waals surface area contributed by atoms with E-state index in [-0.39, 0.29) is 0 Å². The molecule has 3 heterocycles. The quantitative estimate of drug-likeness (QED) is 0.834. The molecule has 2 saturated heterocycles. The number of rotatable bonds is 2. The van der Waals surface area contributed by atoms with Crippen molar-refractivity contribution in [3.63, 3.8) is 0 Å². The number of nitrogens with zero attached hydrogens (tertiary/aromatic N) is 2. The SMILES string of the molecule is CN1C(=O)C[C@H]2CCN(CC3=Cc4cc(Cl)ccc4OC3)C[C@H]21. The molecule has 4 nitrogen and oxygen atoms in total. The van der Waals surface area contributed by atoms with Gasteiger partial charge in [0.2, 0.25) is 5.91 Å². The van der Waals surface area contributed by atoms with Gasteiger partial charge in [0.1, 0.15) is 12.4 Å². The number of carbonyl (C=O) groups excluding carboxylic acids is 1. The van der Waals surface area contributed by atoms with Crippen molar-refractivity contribution in [2.24, 2.45) is 5.92 Å². The van der Waals surface area contributed by atoms with Gasteiger partial charge in [-0.1, -0.05) is 11.6 Å². The van der Waals surface area contributed by atoms with Crippen molar-refractivity contribution in [3.8, 4) is 5.75 Å². The summed E-state index contributed by atoms with van der Waals surface area (Å²) in [4.78, 5) is 16.3. The molecule has 1 amide bonds. The Morgan fingerprint density at radius 1 is 1.39 bits per heavy atom. The first-order valence-corrected chi connectivity index (χ1v) is 8.58. The number of fused-ring (bicyclic) bond motifs is 2. The molecule has 0 spiro atoms. The largest absolute Gasteiger partial charge is 0.489 e. The third kappa shape index (κ3) is 2.86. The lowest BCUT2D eigenvalue weighted by molar-refractivity contribution is -0.127. The summed E-state index contributed by atoms with van der Waals surface area (Å²) in [5.74, 6) is 1.74. The third-order valence-corrected chi connectivity index (χ3v) is 5.54. The minimum Gasteiger partial charge on any atom is -0.489 e. The number of hydrogen-bond acceptors (Lipinski definition) is 3. The average Bonchev–Trinajstić information content (AvgIpc) is 2.82. The summed E-state index contributed by atoms with van der Waals surface area (Å²) in [6.07, 6.45) is 4.03. The molecule has 0 bridgehead atoms. The van der Waals surface area contributed by atoms with E-state index in [1.807, 2.05) is 30.1 Å². The second-order valence-electron chi connectivity index (χ2n) is 6.83. The summed E-state index contributed by atoms with van der Waals surface area (Å²) in [6.45, 7) is 3.56. The minimum absolute atomic E-state index is 0.297. The van der Waals surface area contributed by atoms with Crippen molar-refractivity contribution in [2.45, 2.75) is 18.9 Å². The highest BCUT2D eigenvalue weighted by Crippen LogP contribution is 2.33. The van der Waals surface area contributed by atoms with Gasteiger partial charge in [0.05, 0.1) is 0 Å². The molecule has 2 fully saturated rings. The lowest BCUT2D eigenvalue weighted by atomic mass is 9.92. The first kappa shape index (κ1) is 15.0. The molecule has 4 rings (SSSR count). The third-order valence-electron chi connectivity index (χ3n) is 5.30. The maximum atomic E-state index is 11.9. The van der Waals surface area contributed by atoms with Crippen LogP contribution in [0.4, 0.5) is 0 Å². The Balaban J connectivity index is 1.46. The predicted molar refractivity (Wildman–Crippen MR) is 90.6 cm³/mol. The summed E-state index contributed by atoms with van der Waals surface area (Å²) in [6, 6.07) is 6.11. The molecule has 0 saturated carbocycles. The number of halogens is 1. The van der Waals surface area contributed by atoms with E-state index in [0.29, 0.717) is 24.5 Å². The van der Waals surface area contributed by atoms with Gasteiger partial charge in [0, 0.05) is 43.2 Å². The van der Waals surface area contributed by atoms with Gasteiger partial charge in [0.15, 0.2) is 0 Å². The Labute approximate surface area is 141 Å². The number of carbonyl (C=O) groups is 1. The van der Waals surface area contributed by atoms with E-state index < -0.39 is 0 Å². The van der Waals surface area contributed by atoms with Crippen LogP contribution < -0.4 is 4.74 Å². The van der Waals surface area contributed by atoms with Crippen LogP contribution in [0.15, 0.2) is 23.8 Å². The Kier molecular flexibility index (Phi) is 3.82. The molecule has 0 aliphatic carbocycles. The normalized spacial score (nSPS) is 27.3. The van der Waals surface area contributed by atoms with E-state index in [9.17, 15) is 4.79 Å². The van der Waals surface area contributed by atoms with E-state index in [2.05, 4.69) is 11.0 Å². The number of ether oxygens (including phenoxy) is 1. The molecule has 122 valence electrons. The van der Waals surface area contributed by atoms with Crippen LogP contribution in [0.5, 0.6) is 5.75 Å². The van der Waals surface area contributed by atoms with E-state index in [1.54, 1.807) is 0 Å². The monoisotopic (exact) mass is 332 g/mol. The molecule has 0 aromatic heterocycles. The van der Waals surface area contributed by atoms with Crippen molar-refractivity contribution < 1.29 is 9.53 Å². The Morgan fingerprint density at radius 3 is 3.13 bits per heavy atom. The van der Waals surface area contributed by atoms with Crippen LogP contribution in [-0.4, -0.2) is 55.0 Å². The summed E-state index contributed by atoms with van der Waals surface area (Å²) < 4.78 is 5.84. The van der Waals surface area contributed by atoms with Gasteiger partial charge in [-0.2, -0.15) is 0 Å². The van der Waals surface area contributed by atoms with Gasteiger partial charge >= 0.3 is 0 Å². The molecular weight excluding hydrogens is 312 g/mol. The number of likely N-dealkylation sites (N-methyl/N-ethyl adjacent to an activating group) is 1. The van der Waals surface area contributed by atoms with Crippen LogP contribution in [0.3, 0.4) is 0 Å². The van der Waals surface area contributed by atoms with E-state index in [1.165, 1.54) is 5.57 Å². The summed E-state index contributed by atoms with van der Waals surface area (Å²) in [7, 11) is 1.94. The molecule has 3 aliphatic rings. The maximum Gasteiger partial charge on any atom is 0.222 e. The van der Waals surface area contributed by atoms with Crippen LogP contribution in [-0.2, 0) is 4.79 Å². The minimum atomic E-state index is 0.297. The highest BCUT2D eigenvalue weighted by Gasteiger charge is 2.40. The highest BCUT2D eigenvalue weighted by atomic mass is 35.5. The fraction of sp³-hybridized carbons (Fsp3) is 0.500. The second kappa shape index (κ2) is 5.84. The first-order valence-electron chi connectivity index (χ1n) is 8.20. The summed E-state index contributed by atoms with van der Waals surface area (Å²) >= 11 is 6.07. The van der Waals surface area contributed by atoms with Gasteiger partial charge in [-0.05, 0) is 48.7 Å².